The van der Waals surface area contributed by atoms with E-state index in [4.69, 9.17) is 5.11 Å². The summed E-state index contributed by atoms with van der Waals surface area (Å²) in [5.74, 6) is 0. The first kappa shape index (κ1) is 17.2. The predicted molar refractivity (Wildman–Crippen MR) is 102 cm³/mol. The number of aryl methyl sites for hydroxylation is 1. The fraction of sp³-hybridized carbons (Fsp3) is 0.500. The lowest BCUT2D eigenvalue weighted by Crippen LogP contribution is -2.40. The number of likely N-dealkylation sites (tertiary alicyclic amines) is 1. The Kier molecular flexibility index (Phi) is 5.04. The van der Waals surface area contributed by atoms with Gasteiger partial charge >= 0.3 is 0 Å². The lowest BCUT2D eigenvalue weighted by Gasteiger charge is -2.36. The number of para-hydroxylation sites is 1. The number of nitrogens with one attached hydrogen (secondary N) is 1. The van der Waals surface area contributed by atoms with Crippen LogP contribution in [0.15, 0.2) is 36.7 Å². The minimum atomic E-state index is -0.0380. The summed E-state index contributed by atoms with van der Waals surface area (Å²) in [7, 11) is 0. The third-order valence-electron chi connectivity index (χ3n) is 5.72. The summed E-state index contributed by atoms with van der Waals surface area (Å²) in [5, 5.41) is 18.6. The molecule has 0 radical (unpaired) electrons. The Balaban J connectivity index is 1.30. The summed E-state index contributed by atoms with van der Waals surface area (Å²) < 4.78 is 1.93. The van der Waals surface area contributed by atoms with Gasteiger partial charge in [0, 0.05) is 36.2 Å². The van der Waals surface area contributed by atoms with Crippen LogP contribution in [-0.4, -0.2) is 49.1 Å². The van der Waals surface area contributed by atoms with Gasteiger partial charge in [0.1, 0.15) is 5.69 Å². The van der Waals surface area contributed by atoms with Crippen molar-refractivity contribution in [2.24, 2.45) is 0 Å². The van der Waals surface area contributed by atoms with Crippen LogP contribution in [0.1, 0.15) is 43.5 Å². The van der Waals surface area contributed by atoms with Crippen molar-refractivity contribution in [2.75, 3.05) is 13.1 Å². The highest BCUT2D eigenvalue weighted by Gasteiger charge is 2.24. The Morgan fingerprint density at radius 3 is 2.85 bits per heavy atom. The Morgan fingerprint density at radius 2 is 2.08 bits per heavy atom. The number of piperidine rings is 1. The van der Waals surface area contributed by atoms with E-state index in [-0.39, 0.29) is 6.61 Å². The van der Waals surface area contributed by atoms with Crippen molar-refractivity contribution in [3.8, 4) is 0 Å². The molecule has 4 rings (SSSR count). The van der Waals surface area contributed by atoms with Crippen LogP contribution >= 0.6 is 0 Å². The maximum Gasteiger partial charge on any atom is 0.108 e. The zero-order valence-corrected chi connectivity index (χ0v) is 15.3. The first-order chi connectivity index (χ1) is 12.7. The van der Waals surface area contributed by atoms with Crippen LogP contribution in [0.2, 0.25) is 0 Å². The van der Waals surface area contributed by atoms with E-state index < -0.39 is 0 Å². The number of benzene rings is 1. The van der Waals surface area contributed by atoms with Crippen LogP contribution < -0.4 is 0 Å². The number of fused-ring (bicyclic) bond motifs is 1. The minimum absolute atomic E-state index is 0.0380. The minimum Gasteiger partial charge on any atom is -0.390 e. The van der Waals surface area contributed by atoms with Crippen LogP contribution in [0.25, 0.3) is 10.9 Å². The lowest BCUT2D eigenvalue weighted by atomic mass is 10.00. The van der Waals surface area contributed by atoms with Crippen molar-refractivity contribution in [1.82, 2.24) is 24.9 Å². The number of H-pyrrole nitrogens is 1. The standard InChI is InChI=1S/C20H27N5O/c1-15(6-7-16-12-21-20-5-3-2-4-19(16)20)24-10-8-18(9-11-24)25-13-17(14-26)22-23-25/h2-5,12-13,15,18,21,26H,6-11,14H2,1H3. The molecule has 0 bridgehead atoms. The van der Waals surface area contributed by atoms with E-state index >= 15 is 0 Å². The molecule has 1 atom stereocenters. The molecule has 6 heteroatoms. The van der Waals surface area contributed by atoms with E-state index in [2.05, 4.69) is 57.6 Å². The summed E-state index contributed by atoms with van der Waals surface area (Å²) in [6, 6.07) is 9.51. The van der Waals surface area contributed by atoms with Crippen LogP contribution in [0.4, 0.5) is 0 Å². The smallest absolute Gasteiger partial charge is 0.108 e. The topological polar surface area (TPSA) is 70.0 Å². The van der Waals surface area contributed by atoms with Gasteiger partial charge < -0.3 is 15.0 Å². The van der Waals surface area contributed by atoms with Crippen molar-refractivity contribution in [3.05, 3.63) is 47.9 Å². The molecule has 1 aliphatic heterocycles. The van der Waals surface area contributed by atoms with Crippen LogP contribution in [0, 0.1) is 0 Å². The molecule has 3 aromatic rings. The molecule has 1 aliphatic rings. The maximum atomic E-state index is 9.14. The van der Waals surface area contributed by atoms with E-state index in [1.54, 1.807) is 0 Å². The Bertz CT molecular complexity index is 847. The molecule has 0 amide bonds. The van der Waals surface area contributed by atoms with Gasteiger partial charge in [-0.25, -0.2) is 4.68 Å². The number of hydrogen-bond donors (Lipinski definition) is 2. The first-order valence-corrected chi connectivity index (χ1v) is 9.55. The van der Waals surface area contributed by atoms with Crippen molar-refractivity contribution < 1.29 is 5.11 Å². The molecule has 1 aromatic carbocycles. The molecule has 26 heavy (non-hydrogen) atoms. The van der Waals surface area contributed by atoms with Crippen LogP contribution in [-0.2, 0) is 13.0 Å². The lowest BCUT2D eigenvalue weighted by molar-refractivity contribution is 0.133. The van der Waals surface area contributed by atoms with Crippen molar-refractivity contribution in [1.29, 1.82) is 0 Å². The predicted octanol–water partition coefficient (Wildman–Crippen LogP) is 2.91. The van der Waals surface area contributed by atoms with Crippen molar-refractivity contribution >= 4 is 10.9 Å². The zero-order chi connectivity index (χ0) is 17.9. The van der Waals surface area contributed by atoms with E-state index in [1.165, 1.54) is 22.9 Å². The monoisotopic (exact) mass is 353 g/mol. The Labute approximate surface area is 153 Å². The highest BCUT2D eigenvalue weighted by molar-refractivity contribution is 5.82. The molecule has 0 spiro atoms. The zero-order valence-electron chi connectivity index (χ0n) is 15.3. The molecular formula is C20H27N5O. The van der Waals surface area contributed by atoms with Gasteiger partial charge in [-0.3, -0.25) is 0 Å². The molecule has 2 N–H and O–H groups in total. The maximum absolute atomic E-state index is 9.14. The molecule has 6 nitrogen and oxygen atoms in total. The first-order valence-electron chi connectivity index (χ1n) is 9.55. The van der Waals surface area contributed by atoms with Crippen molar-refractivity contribution in [2.45, 2.75) is 51.3 Å². The number of aromatic amines is 1. The van der Waals surface area contributed by atoms with Gasteiger partial charge in [-0.05, 0) is 44.2 Å². The fourth-order valence-corrected chi connectivity index (χ4v) is 4.04. The third-order valence-corrected chi connectivity index (χ3v) is 5.72. The number of hydrogen-bond acceptors (Lipinski definition) is 4. The number of aliphatic hydroxyl groups is 1. The quantitative estimate of drug-likeness (QED) is 0.715. The second kappa shape index (κ2) is 7.60. The Hall–Kier alpha value is -2.18. The van der Waals surface area contributed by atoms with E-state index in [1.807, 2.05) is 10.9 Å². The summed E-state index contributed by atoms with van der Waals surface area (Å²) >= 11 is 0. The van der Waals surface area contributed by atoms with Gasteiger partial charge in [0.15, 0.2) is 0 Å². The fourth-order valence-electron chi connectivity index (χ4n) is 4.04. The number of rotatable bonds is 6. The Morgan fingerprint density at radius 1 is 1.27 bits per heavy atom. The number of aliphatic hydroxyl groups excluding tert-OH is 1. The second-order valence-electron chi connectivity index (χ2n) is 7.36. The average molecular weight is 353 g/mol. The molecule has 1 saturated heterocycles. The van der Waals surface area contributed by atoms with Gasteiger partial charge in [0.2, 0.25) is 0 Å². The molecule has 0 saturated carbocycles. The van der Waals surface area contributed by atoms with Crippen LogP contribution in [0.5, 0.6) is 0 Å². The van der Waals surface area contributed by atoms with Crippen LogP contribution in [0.3, 0.4) is 0 Å². The molecule has 1 fully saturated rings. The van der Waals surface area contributed by atoms with E-state index in [0.717, 1.165) is 32.4 Å². The van der Waals surface area contributed by atoms with Gasteiger partial charge in [-0.1, -0.05) is 23.4 Å². The summed E-state index contributed by atoms with van der Waals surface area (Å²) in [6.07, 6.45) is 8.49. The van der Waals surface area contributed by atoms with E-state index in [0.29, 0.717) is 17.8 Å². The third kappa shape index (κ3) is 3.52. The summed E-state index contributed by atoms with van der Waals surface area (Å²) in [5.41, 5.74) is 3.30. The van der Waals surface area contributed by atoms with Crippen molar-refractivity contribution in [3.63, 3.8) is 0 Å². The highest BCUT2D eigenvalue weighted by Crippen LogP contribution is 2.25. The van der Waals surface area contributed by atoms with Gasteiger partial charge in [0.05, 0.1) is 18.8 Å². The molecule has 0 aliphatic carbocycles. The van der Waals surface area contributed by atoms with Gasteiger partial charge in [-0.2, -0.15) is 0 Å². The molecule has 3 heterocycles. The van der Waals surface area contributed by atoms with Gasteiger partial charge in [0.25, 0.3) is 0 Å². The molecule has 2 aromatic heterocycles. The largest absolute Gasteiger partial charge is 0.390 e. The van der Waals surface area contributed by atoms with E-state index in [9.17, 15) is 0 Å². The number of nitrogens with zero attached hydrogens (tertiary/aromatic N) is 4. The molecule has 1 unspecified atom stereocenters. The SMILES string of the molecule is CC(CCc1c[nH]c2ccccc12)N1CCC(n2cc(CO)nn2)CC1. The summed E-state index contributed by atoms with van der Waals surface area (Å²) in [6.45, 7) is 4.49. The average Bonchev–Trinajstić information content (AvgIpc) is 3.33. The second-order valence-corrected chi connectivity index (χ2v) is 7.36. The highest BCUT2D eigenvalue weighted by atomic mass is 16.3. The normalized spacial score (nSPS) is 17.8. The molecule has 138 valence electrons. The number of aromatic nitrogens is 4. The molecular weight excluding hydrogens is 326 g/mol. The van der Waals surface area contributed by atoms with Gasteiger partial charge in [-0.15, -0.1) is 5.10 Å². The summed E-state index contributed by atoms with van der Waals surface area (Å²) in [4.78, 5) is 5.97.